The largest absolute Gasteiger partial charge is 0 e. The van der Waals surface area contributed by atoms with Crippen molar-refractivity contribution in [2.75, 3.05) is 0 Å². The van der Waals surface area contributed by atoms with Crippen molar-refractivity contribution in [2.24, 2.45) is 0 Å². The summed E-state index contributed by atoms with van der Waals surface area (Å²) in [4.78, 5) is 0. The first kappa shape index (κ1) is 23.0. The summed E-state index contributed by atoms with van der Waals surface area (Å²) in [5, 5.41) is 0. The molecule has 0 amide bonds. The van der Waals surface area contributed by atoms with E-state index in [2.05, 4.69) is 0 Å². The van der Waals surface area contributed by atoms with Crippen LogP contribution in [0.1, 0.15) is 0 Å². The van der Waals surface area contributed by atoms with Crippen molar-refractivity contribution < 1.29 is 150 Å². The zero-order chi connectivity index (χ0) is 0. The van der Waals surface area contributed by atoms with Crippen LogP contribution in [0.3, 0.4) is 0 Å². The SMILES string of the molecule is [La].[Nd].[Pr].[Y]. The Kier molecular flexibility index (Phi) is 90.3. The van der Waals surface area contributed by atoms with Gasteiger partial charge in [0.2, 0.25) is 0 Å². The van der Waals surface area contributed by atoms with Crippen LogP contribution in [0.5, 0.6) is 0 Å². The maximum absolute atomic E-state index is 0. The molecule has 0 spiro atoms. The van der Waals surface area contributed by atoms with E-state index in [1.54, 1.807) is 0 Å². The van der Waals surface area contributed by atoms with Crippen LogP contribution >= 0.6 is 0 Å². The molecule has 4 heteroatoms. The van der Waals surface area contributed by atoms with E-state index in [-0.39, 0.29) is 150 Å². The van der Waals surface area contributed by atoms with E-state index in [0.717, 1.165) is 0 Å². The van der Waals surface area contributed by atoms with Gasteiger partial charge in [-0.05, 0) is 0 Å². The van der Waals surface area contributed by atoms with Crippen molar-refractivity contribution in [1.82, 2.24) is 0 Å². The molecule has 0 aliphatic heterocycles. The van der Waals surface area contributed by atoms with Gasteiger partial charge in [0, 0.05) is 150 Å². The van der Waals surface area contributed by atoms with Crippen LogP contribution in [-0.2, 0) is 32.7 Å². The molecule has 3 radical (unpaired) electrons. The summed E-state index contributed by atoms with van der Waals surface area (Å²) in [6.45, 7) is 0. The minimum Gasteiger partial charge on any atom is 0 e. The summed E-state index contributed by atoms with van der Waals surface area (Å²) in [6, 6.07) is 0. The van der Waals surface area contributed by atoms with E-state index in [0.29, 0.717) is 0 Å². The molecular weight excluding hydrogens is 513 g/mol. The van der Waals surface area contributed by atoms with E-state index in [9.17, 15) is 0 Å². The molecule has 0 fully saturated rings. The van der Waals surface area contributed by atoms with Crippen molar-refractivity contribution in [1.29, 1.82) is 0 Å². The van der Waals surface area contributed by atoms with E-state index >= 15 is 0 Å². The van der Waals surface area contributed by atoms with E-state index in [1.165, 1.54) is 0 Å². The van der Waals surface area contributed by atoms with E-state index < -0.39 is 0 Å². The van der Waals surface area contributed by atoms with Gasteiger partial charge in [0.25, 0.3) is 0 Å². The van der Waals surface area contributed by atoms with Crippen LogP contribution in [0.4, 0.5) is 0 Å². The molecule has 0 unspecified atom stereocenters. The average Bonchev–Trinajstić information content (AvgIpc) is 0. The molecule has 0 rings (SSSR count). The number of hydrogen-bond acceptors (Lipinski definition) is 0. The molecule has 0 aromatic rings. The Hall–Kier alpha value is 5.01. The molecule has 0 aliphatic carbocycles. The van der Waals surface area contributed by atoms with Crippen LogP contribution in [0.15, 0.2) is 0 Å². The monoisotopic (exact) mass is 511 g/mol. The topological polar surface area (TPSA) is 0 Å². The minimum atomic E-state index is 0. The fraction of sp³-hybridized carbons (Fsp3) is 0. The fourth-order valence-electron chi connectivity index (χ4n) is 0. The first-order valence-electron chi connectivity index (χ1n) is 0. The maximum atomic E-state index is 0. The van der Waals surface area contributed by atoms with Gasteiger partial charge in [-0.3, -0.25) is 0 Å². The van der Waals surface area contributed by atoms with Crippen molar-refractivity contribution >= 4 is 0 Å². The normalized spacial score (nSPS) is 0. The molecule has 4 heavy (non-hydrogen) atoms. The standard InChI is InChI=1S/La.Nd.Pr.Y. The van der Waals surface area contributed by atoms with E-state index in [4.69, 9.17) is 0 Å². The first-order valence-corrected chi connectivity index (χ1v) is 0. The zero-order valence-electron chi connectivity index (χ0n) is 2.23. The van der Waals surface area contributed by atoms with Gasteiger partial charge in [0.15, 0.2) is 0 Å². The quantitative estimate of drug-likeness (QED) is 0.429. The number of hydrogen-bond donors (Lipinski definition) is 0. The smallest absolute Gasteiger partial charge is 0 e. The van der Waals surface area contributed by atoms with Crippen LogP contribution in [-0.4, -0.2) is 0 Å². The van der Waals surface area contributed by atoms with Crippen molar-refractivity contribution in [3.05, 3.63) is 0 Å². The van der Waals surface area contributed by atoms with Gasteiger partial charge in [0.1, 0.15) is 0 Å². The second kappa shape index (κ2) is 15.7. The molecular formula is LaNdPrY. The summed E-state index contributed by atoms with van der Waals surface area (Å²) in [6.07, 6.45) is 0. The first-order chi connectivity index (χ1) is 0. The van der Waals surface area contributed by atoms with Crippen molar-refractivity contribution in [3.63, 3.8) is 0 Å². The van der Waals surface area contributed by atoms with Gasteiger partial charge in [-0.1, -0.05) is 0 Å². The molecule has 0 nitrogen and oxygen atoms in total. The minimum absolute atomic E-state index is 0. The fourth-order valence-corrected chi connectivity index (χ4v) is 0. The van der Waals surface area contributed by atoms with Crippen LogP contribution in [0.2, 0.25) is 0 Å². The van der Waals surface area contributed by atoms with Crippen LogP contribution in [0, 0.1) is 118 Å². The summed E-state index contributed by atoms with van der Waals surface area (Å²) in [5.41, 5.74) is 0. The molecule has 0 N–H and O–H groups in total. The summed E-state index contributed by atoms with van der Waals surface area (Å²) in [7, 11) is 0. The Bertz CT molecular complexity index is 8.00. The van der Waals surface area contributed by atoms with E-state index in [1.807, 2.05) is 0 Å². The summed E-state index contributed by atoms with van der Waals surface area (Å²) in [5.74, 6) is 0. The van der Waals surface area contributed by atoms with Gasteiger partial charge in [-0.15, -0.1) is 0 Å². The maximum Gasteiger partial charge on any atom is 0 e. The Labute approximate surface area is 145 Å². The predicted molar refractivity (Wildman–Crippen MR) is 0 cm³/mol. The molecule has 0 aliphatic rings. The second-order valence-electron chi connectivity index (χ2n) is 0. The third kappa shape index (κ3) is 10.1. The number of rotatable bonds is 0. The van der Waals surface area contributed by atoms with Crippen LogP contribution < -0.4 is 0 Å². The third-order valence-electron chi connectivity index (χ3n) is 0. The average molecular weight is 513 g/mol. The van der Waals surface area contributed by atoms with Crippen molar-refractivity contribution in [2.45, 2.75) is 0 Å². The van der Waals surface area contributed by atoms with Gasteiger partial charge in [-0.25, -0.2) is 0 Å². The molecule has 0 bridgehead atoms. The Balaban J connectivity index is 0. The van der Waals surface area contributed by atoms with Gasteiger partial charge in [0.05, 0.1) is 0 Å². The summed E-state index contributed by atoms with van der Waals surface area (Å²) < 4.78 is 0. The van der Waals surface area contributed by atoms with Crippen LogP contribution in [0.25, 0.3) is 0 Å². The van der Waals surface area contributed by atoms with Gasteiger partial charge in [-0.2, -0.15) is 0 Å². The zero-order valence-corrected chi connectivity index (χ0v) is 15.6. The molecule has 0 heterocycles. The molecule has 13 valence electrons. The Morgan fingerprint density at radius 3 is 1.00 bits per heavy atom. The third-order valence-corrected chi connectivity index (χ3v) is 0. The Morgan fingerprint density at radius 1 is 1.00 bits per heavy atom. The Morgan fingerprint density at radius 2 is 1.00 bits per heavy atom. The van der Waals surface area contributed by atoms with Gasteiger partial charge >= 0.3 is 0 Å². The molecule has 0 saturated heterocycles. The summed E-state index contributed by atoms with van der Waals surface area (Å²) >= 11 is 0. The molecule has 0 saturated carbocycles. The van der Waals surface area contributed by atoms with Gasteiger partial charge < -0.3 is 0 Å². The molecule has 0 aromatic carbocycles. The second-order valence-corrected chi connectivity index (χ2v) is 0. The predicted octanol–water partition coefficient (Wildman–Crippen LogP) is -0.00250. The van der Waals surface area contributed by atoms with Crippen molar-refractivity contribution in [3.8, 4) is 0 Å². The molecule has 0 atom stereocenters. The molecule has 0 aromatic heterocycles.